The number of carbonyl (C=O) groups excluding carboxylic acids is 1. The van der Waals surface area contributed by atoms with Gasteiger partial charge < -0.3 is 14.2 Å². The number of anilines is 1. The van der Waals surface area contributed by atoms with E-state index in [0.29, 0.717) is 33.8 Å². The normalized spacial score (nSPS) is 17.8. The van der Waals surface area contributed by atoms with Crippen molar-refractivity contribution in [2.75, 3.05) is 24.8 Å². The predicted molar refractivity (Wildman–Crippen MR) is 113 cm³/mol. The zero-order valence-electron chi connectivity index (χ0n) is 15.8. The molecule has 3 heterocycles. The number of ether oxygens (including phenoxy) is 3. The average Bonchev–Trinajstić information content (AvgIpc) is 3.48. The van der Waals surface area contributed by atoms with E-state index in [-0.39, 0.29) is 18.8 Å². The number of benzene rings is 2. The molecule has 1 amide bonds. The minimum atomic E-state index is -0.137. The molecule has 29 heavy (non-hydrogen) atoms. The maximum absolute atomic E-state index is 13.5. The molecule has 3 aromatic rings. The lowest BCUT2D eigenvalue weighted by molar-refractivity contribution is 0.0917. The van der Waals surface area contributed by atoms with Gasteiger partial charge in [0.25, 0.3) is 5.91 Å². The molecule has 6 nitrogen and oxygen atoms in total. The Kier molecular flexibility index (Phi) is 4.81. The zero-order valence-corrected chi connectivity index (χ0v) is 17.4. The molecule has 0 spiro atoms. The molecule has 2 aromatic carbocycles. The highest BCUT2D eigenvalue weighted by atomic mass is 35.5. The van der Waals surface area contributed by atoms with E-state index in [2.05, 4.69) is 0 Å². The Morgan fingerprint density at radius 1 is 1.28 bits per heavy atom. The van der Waals surface area contributed by atoms with E-state index in [9.17, 15) is 4.79 Å². The average molecular weight is 431 g/mol. The number of rotatable bonds is 4. The summed E-state index contributed by atoms with van der Waals surface area (Å²) in [5.41, 5.74) is 2.27. The van der Waals surface area contributed by atoms with Crippen LogP contribution in [0, 0.1) is 6.92 Å². The molecule has 1 atom stereocenters. The maximum Gasteiger partial charge on any atom is 0.260 e. The number of carbonyl (C=O) groups is 1. The number of amides is 1. The second-order valence-corrected chi connectivity index (χ2v) is 8.55. The lowest BCUT2D eigenvalue weighted by Gasteiger charge is -2.23. The van der Waals surface area contributed by atoms with E-state index in [1.807, 2.05) is 19.1 Å². The Bertz CT molecular complexity index is 1090. The van der Waals surface area contributed by atoms with Crippen LogP contribution in [0.5, 0.6) is 11.5 Å². The molecular weight excluding hydrogens is 412 g/mol. The third-order valence-corrected chi connectivity index (χ3v) is 6.70. The quantitative estimate of drug-likeness (QED) is 0.594. The van der Waals surface area contributed by atoms with Gasteiger partial charge in [0.2, 0.25) is 6.79 Å². The van der Waals surface area contributed by atoms with E-state index < -0.39 is 0 Å². The van der Waals surface area contributed by atoms with Crippen molar-refractivity contribution in [2.45, 2.75) is 25.9 Å². The molecule has 2 aliphatic heterocycles. The van der Waals surface area contributed by atoms with Gasteiger partial charge in [-0.1, -0.05) is 22.9 Å². The summed E-state index contributed by atoms with van der Waals surface area (Å²) in [6, 6.07) is 9.06. The summed E-state index contributed by atoms with van der Waals surface area (Å²) in [5, 5.41) is 1.31. The molecule has 0 aliphatic carbocycles. The minimum Gasteiger partial charge on any atom is -0.454 e. The molecule has 150 valence electrons. The highest BCUT2D eigenvalue weighted by Gasteiger charge is 2.28. The van der Waals surface area contributed by atoms with Crippen molar-refractivity contribution in [3.05, 3.63) is 46.5 Å². The fourth-order valence-corrected chi connectivity index (χ4v) is 4.81. The SMILES string of the molecule is Cc1c(Cl)ccc2sc(N(CC3CCCO3)C(=O)c3ccc4c(c3)OCO4)nc12. The Labute approximate surface area is 177 Å². The summed E-state index contributed by atoms with van der Waals surface area (Å²) >= 11 is 7.75. The number of nitrogens with zero attached hydrogens (tertiary/aromatic N) is 2. The van der Waals surface area contributed by atoms with Crippen LogP contribution in [-0.4, -0.2) is 36.9 Å². The van der Waals surface area contributed by atoms with Gasteiger partial charge in [-0.05, 0) is 55.7 Å². The third-order valence-electron chi connectivity index (χ3n) is 5.24. The van der Waals surface area contributed by atoms with E-state index in [1.165, 1.54) is 11.3 Å². The van der Waals surface area contributed by atoms with Crippen molar-refractivity contribution in [1.82, 2.24) is 4.98 Å². The molecule has 8 heteroatoms. The van der Waals surface area contributed by atoms with E-state index >= 15 is 0 Å². The van der Waals surface area contributed by atoms with Gasteiger partial charge in [-0.25, -0.2) is 4.98 Å². The van der Waals surface area contributed by atoms with Crippen molar-refractivity contribution in [1.29, 1.82) is 0 Å². The third kappa shape index (κ3) is 3.43. The van der Waals surface area contributed by atoms with E-state index in [0.717, 1.165) is 35.2 Å². The topological polar surface area (TPSA) is 60.9 Å². The van der Waals surface area contributed by atoms with Gasteiger partial charge in [0, 0.05) is 17.2 Å². The van der Waals surface area contributed by atoms with Gasteiger partial charge in [-0.3, -0.25) is 9.69 Å². The fraction of sp³-hybridized carbons (Fsp3) is 0.333. The van der Waals surface area contributed by atoms with Crippen LogP contribution in [0.25, 0.3) is 10.2 Å². The van der Waals surface area contributed by atoms with Gasteiger partial charge in [0.1, 0.15) is 0 Å². The van der Waals surface area contributed by atoms with Crippen molar-refractivity contribution in [3.63, 3.8) is 0 Å². The van der Waals surface area contributed by atoms with Gasteiger partial charge in [-0.15, -0.1) is 0 Å². The summed E-state index contributed by atoms with van der Waals surface area (Å²) in [6.07, 6.45) is 1.94. The Morgan fingerprint density at radius 3 is 2.97 bits per heavy atom. The number of hydrogen-bond acceptors (Lipinski definition) is 6. The van der Waals surface area contributed by atoms with Crippen LogP contribution in [0.15, 0.2) is 30.3 Å². The number of aromatic nitrogens is 1. The van der Waals surface area contributed by atoms with Crippen LogP contribution in [0.1, 0.15) is 28.8 Å². The second kappa shape index (κ2) is 7.48. The first-order valence-corrected chi connectivity index (χ1v) is 10.7. The molecule has 1 unspecified atom stereocenters. The lowest BCUT2D eigenvalue weighted by atomic mass is 10.1. The van der Waals surface area contributed by atoms with Gasteiger partial charge in [-0.2, -0.15) is 0 Å². The Balaban J connectivity index is 1.54. The molecule has 5 rings (SSSR count). The smallest absolute Gasteiger partial charge is 0.260 e. The van der Waals surface area contributed by atoms with Crippen LogP contribution in [0.4, 0.5) is 5.13 Å². The first-order valence-electron chi connectivity index (χ1n) is 9.49. The Morgan fingerprint density at radius 2 is 2.14 bits per heavy atom. The summed E-state index contributed by atoms with van der Waals surface area (Å²) in [7, 11) is 0. The monoisotopic (exact) mass is 430 g/mol. The first kappa shape index (κ1) is 18.7. The number of hydrogen-bond donors (Lipinski definition) is 0. The van der Waals surface area contributed by atoms with Crippen LogP contribution in [0.3, 0.4) is 0 Å². The molecule has 1 saturated heterocycles. The van der Waals surface area contributed by atoms with Crippen LogP contribution in [-0.2, 0) is 4.74 Å². The van der Waals surface area contributed by atoms with E-state index in [4.69, 9.17) is 30.8 Å². The highest BCUT2D eigenvalue weighted by Crippen LogP contribution is 2.36. The first-order chi connectivity index (χ1) is 14.1. The predicted octanol–water partition coefficient (Wildman–Crippen LogP) is 4.81. The molecule has 0 saturated carbocycles. The fourth-order valence-electron chi connectivity index (χ4n) is 3.63. The molecule has 0 radical (unpaired) electrons. The van der Waals surface area contributed by atoms with Crippen LogP contribution >= 0.6 is 22.9 Å². The lowest BCUT2D eigenvalue weighted by Crippen LogP contribution is -2.37. The van der Waals surface area contributed by atoms with Crippen molar-refractivity contribution >= 4 is 44.2 Å². The molecular formula is C21H19ClN2O4S. The van der Waals surface area contributed by atoms with Crippen LogP contribution < -0.4 is 14.4 Å². The van der Waals surface area contributed by atoms with Gasteiger partial charge >= 0.3 is 0 Å². The summed E-state index contributed by atoms with van der Waals surface area (Å²) in [5.74, 6) is 1.10. The standard InChI is InChI=1S/C21H19ClN2O4S/c1-12-15(22)5-7-18-19(12)23-21(29-18)24(10-14-3-2-8-26-14)20(25)13-4-6-16-17(9-13)28-11-27-16/h4-7,9,14H,2-3,8,10-11H2,1H3. The largest absolute Gasteiger partial charge is 0.454 e. The van der Waals surface area contributed by atoms with Gasteiger partial charge in [0.15, 0.2) is 16.6 Å². The van der Waals surface area contributed by atoms with Crippen molar-refractivity contribution in [2.24, 2.45) is 0 Å². The summed E-state index contributed by atoms with van der Waals surface area (Å²) < 4.78 is 17.6. The molecule has 1 fully saturated rings. The molecule has 0 N–H and O–H groups in total. The van der Waals surface area contributed by atoms with Crippen LogP contribution in [0.2, 0.25) is 5.02 Å². The van der Waals surface area contributed by atoms with Crippen molar-refractivity contribution < 1.29 is 19.0 Å². The number of fused-ring (bicyclic) bond motifs is 2. The Hall–Kier alpha value is -2.35. The number of aryl methyl sites for hydroxylation is 1. The number of thiazole rings is 1. The van der Waals surface area contributed by atoms with E-state index in [1.54, 1.807) is 23.1 Å². The molecule has 1 aromatic heterocycles. The molecule has 2 aliphatic rings. The minimum absolute atomic E-state index is 0.00431. The zero-order chi connectivity index (χ0) is 20.0. The van der Waals surface area contributed by atoms with Crippen molar-refractivity contribution in [3.8, 4) is 11.5 Å². The second-order valence-electron chi connectivity index (χ2n) is 7.13. The summed E-state index contributed by atoms with van der Waals surface area (Å²) in [4.78, 5) is 20.0. The van der Waals surface area contributed by atoms with Gasteiger partial charge in [0.05, 0.1) is 22.9 Å². The molecule has 0 bridgehead atoms. The highest BCUT2D eigenvalue weighted by molar-refractivity contribution is 7.22. The summed E-state index contributed by atoms with van der Waals surface area (Å²) in [6.45, 7) is 3.30. The maximum atomic E-state index is 13.5. The number of halogens is 1.